The largest absolute Gasteiger partial charge is 0.493 e. The summed E-state index contributed by atoms with van der Waals surface area (Å²) in [6, 6.07) is 9.21. The molecule has 1 aromatic carbocycles. The minimum Gasteiger partial charge on any atom is -0.493 e. The zero-order chi connectivity index (χ0) is 23.1. The van der Waals surface area contributed by atoms with Gasteiger partial charge in [-0.15, -0.1) is 21.7 Å². The van der Waals surface area contributed by atoms with E-state index in [1.807, 2.05) is 38.1 Å². The zero-order valence-electron chi connectivity index (χ0n) is 18.4. The Balaban J connectivity index is 1.60. The number of ether oxygens (including phenoxy) is 2. The molecule has 1 aliphatic heterocycles. The van der Waals surface area contributed by atoms with Crippen LogP contribution in [0.15, 0.2) is 30.3 Å². The molecule has 0 unspecified atom stereocenters. The van der Waals surface area contributed by atoms with Crippen molar-refractivity contribution in [1.82, 2.24) is 29.6 Å². The summed E-state index contributed by atoms with van der Waals surface area (Å²) < 4.78 is 14.3. The Morgan fingerprint density at radius 1 is 1.18 bits per heavy atom. The third-order valence-electron chi connectivity index (χ3n) is 5.63. The Morgan fingerprint density at radius 3 is 2.82 bits per heavy atom. The zero-order valence-corrected chi connectivity index (χ0v) is 18.4. The highest BCUT2D eigenvalue weighted by molar-refractivity contribution is 5.95. The van der Waals surface area contributed by atoms with Crippen molar-refractivity contribution in [1.29, 1.82) is 0 Å². The molecule has 4 heterocycles. The van der Waals surface area contributed by atoms with Gasteiger partial charge in [0.1, 0.15) is 12.4 Å². The first-order valence-corrected chi connectivity index (χ1v) is 10.3. The van der Waals surface area contributed by atoms with E-state index in [1.54, 1.807) is 22.4 Å². The topological polar surface area (TPSA) is 108 Å². The van der Waals surface area contributed by atoms with E-state index >= 15 is 0 Å². The Hall–Kier alpha value is -4.39. The summed E-state index contributed by atoms with van der Waals surface area (Å²) >= 11 is 0. The van der Waals surface area contributed by atoms with Gasteiger partial charge < -0.3 is 14.8 Å². The van der Waals surface area contributed by atoms with E-state index in [4.69, 9.17) is 21.0 Å². The summed E-state index contributed by atoms with van der Waals surface area (Å²) in [5.41, 5.74) is 3.27. The fraction of sp³-hybridized carbons (Fsp3) is 0.261. The van der Waals surface area contributed by atoms with Crippen LogP contribution in [-0.4, -0.2) is 49.2 Å². The SMILES string of the molecule is C#CCOc1ccc([C@H]2CC(=O)Nc3c2c(C)nn3-c2ccc3nnc(C)n3n2)cc1OC. The van der Waals surface area contributed by atoms with E-state index in [9.17, 15) is 4.79 Å². The fourth-order valence-electron chi connectivity index (χ4n) is 4.14. The third kappa shape index (κ3) is 3.43. The lowest BCUT2D eigenvalue weighted by Crippen LogP contribution is -2.25. The van der Waals surface area contributed by atoms with Crippen LogP contribution in [-0.2, 0) is 4.79 Å². The number of hydrogen-bond donors (Lipinski definition) is 1. The lowest BCUT2D eigenvalue weighted by atomic mass is 9.85. The molecule has 1 atom stereocenters. The van der Waals surface area contributed by atoms with Gasteiger partial charge in [0.15, 0.2) is 28.8 Å². The average molecular weight is 443 g/mol. The molecule has 0 aliphatic carbocycles. The van der Waals surface area contributed by atoms with E-state index in [1.165, 1.54) is 0 Å². The van der Waals surface area contributed by atoms with Crippen LogP contribution in [0.25, 0.3) is 11.5 Å². The van der Waals surface area contributed by atoms with Crippen LogP contribution in [0.4, 0.5) is 5.82 Å². The molecule has 0 saturated heterocycles. The van der Waals surface area contributed by atoms with Gasteiger partial charge in [-0.3, -0.25) is 4.79 Å². The summed E-state index contributed by atoms with van der Waals surface area (Å²) in [6.07, 6.45) is 5.58. The first kappa shape index (κ1) is 20.5. The molecule has 0 radical (unpaired) electrons. The molecule has 0 saturated carbocycles. The molecule has 3 aromatic heterocycles. The molecule has 0 bridgehead atoms. The molecule has 0 fully saturated rings. The molecule has 33 heavy (non-hydrogen) atoms. The van der Waals surface area contributed by atoms with Gasteiger partial charge in [0, 0.05) is 17.9 Å². The second kappa shape index (κ2) is 7.94. The molecular formula is C23H21N7O3. The maximum atomic E-state index is 12.7. The summed E-state index contributed by atoms with van der Waals surface area (Å²) in [4.78, 5) is 12.7. The quantitative estimate of drug-likeness (QED) is 0.472. The summed E-state index contributed by atoms with van der Waals surface area (Å²) in [6.45, 7) is 3.88. The summed E-state index contributed by atoms with van der Waals surface area (Å²) in [5, 5.41) is 20.4. The van der Waals surface area contributed by atoms with Gasteiger partial charge in [-0.05, 0) is 43.7 Å². The highest BCUT2D eigenvalue weighted by atomic mass is 16.5. The standard InChI is InChI=1S/C23H21N7O3/c1-5-10-33-17-7-6-15(11-18(17)32-4)16-12-21(31)24-23-22(16)13(2)27-30(23)20-9-8-19-26-25-14(3)29(19)28-20/h1,6-9,11,16H,10,12H2,2-4H3,(H,24,31)/t16-/m1/s1. The van der Waals surface area contributed by atoms with Crippen LogP contribution in [0.2, 0.25) is 0 Å². The van der Waals surface area contributed by atoms with Gasteiger partial charge in [0.2, 0.25) is 5.91 Å². The number of nitrogens with one attached hydrogen (secondary N) is 1. The van der Waals surface area contributed by atoms with Gasteiger partial charge in [0.05, 0.1) is 12.8 Å². The van der Waals surface area contributed by atoms with Crippen molar-refractivity contribution in [3.8, 4) is 29.7 Å². The highest BCUT2D eigenvalue weighted by Crippen LogP contribution is 2.42. The van der Waals surface area contributed by atoms with Gasteiger partial charge in [-0.1, -0.05) is 12.0 Å². The predicted octanol–water partition coefficient (Wildman–Crippen LogP) is 2.42. The third-order valence-corrected chi connectivity index (χ3v) is 5.63. The van der Waals surface area contributed by atoms with Crippen molar-refractivity contribution < 1.29 is 14.3 Å². The van der Waals surface area contributed by atoms with Crippen molar-refractivity contribution in [3.63, 3.8) is 0 Å². The van der Waals surface area contributed by atoms with Crippen molar-refractivity contribution in [3.05, 3.63) is 53.0 Å². The summed E-state index contributed by atoms with van der Waals surface area (Å²) in [5.74, 6) is 5.03. The highest BCUT2D eigenvalue weighted by Gasteiger charge is 2.33. The van der Waals surface area contributed by atoms with Crippen LogP contribution in [0.1, 0.15) is 35.0 Å². The van der Waals surface area contributed by atoms with Gasteiger partial charge >= 0.3 is 0 Å². The number of nitrogens with zero attached hydrogens (tertiary/aromatic N) is 6. The number of terminal acetylenes is 1. The number of fused-ring (bicyclic) bond motifs is 2. The van der Waals surface area contributed by atoms with E-state index < -0.39 is 0 Å². The van der Waals surface area contributed by atoms with Gasteiger partial charge in [-0.2, -0.15) is 14.3 Å². The number of amides is 1. The fourth-order valence-corrected chi connectivity index (χ4v) is 4.14. The molecule has 4 aromatic rings. The molecular weight excluding hydrogens is 422 g/mol. The van der Waals surface area contributed by atoms with Crippen LogP contribution in [0.5, 0.6) is 11.5 Å². The molecule has 10 nitrogen and oxygen atoms in total. The number of aryl methyl sites for hydroxylation is 2. The van der Waals surface area contributed by atoms with Crippen LogP contribution in [0, 0.1) is 26.2 Å². The molecule has 0 spiro atoms. The monoisotopic (exact) mass is 443 g/mol. The van der Waals surface area contributed by atoms with Crippen LogP contribution >= 0.6 is 0 Å². The Labute approximate surface area is 189 Å². The smallest absolute Gasteiger partial charge is 0.226 e. The maximum Gasteiger partial charge on any atom is 0.226 e. The van der Waals surface area contributed by atoms with Gasteiger partial charge in [0.25, 0.3) is 0 Å². The molecule has 5 rings (SSSR count). The summed E-state index contributed by atoms with van der Waals surface area (Å²) in [7, 11) is 1.57. The minimum absolute atomic E-state index is 0.109. The predicted molar refractivity (Wildman–Crippen MR) is 120 cm³/mol. The molecule has 1 amide bonds. The number of methoxy groups -OCH3 is 1. The van der Waals surface area contributed by atoms with Crippen molar-refractivity contribution in [2.24, 2.45) is 0 Å². The van der Waals surface area contributed by atoms with Crippen molar-refractivity contribution in [2.45, 2.75) is 26.2 Å². The normalized spacial score (nSPS) is 15.1. The van der Waals surface area contributed by atoms with Crippen molar-refractivity contribution in [2.75, 3.05) is 19.0 Å². The minimum atomic E-state index is -0.210. The van der Waals surface area contributed by atoms with E-state index in [-0.39, 0.29) is 24.9 Å². The van der Waals surface area contributed by atoms with E-state index in [0.29, 0.717) is 34.6 Å². The number of carbonyl (C=O) groups is 1. The lowest BCUT2D eigenvalue weighted by Gasteiger charge is -2.25. The average Bonchev–Trinajstić information content (AvgIpc) is 3.36. The number of hydrogen-bond acceptors (Lipinski definition) is 7. The Morgan fingerprint density at radius 2 is 2.03 bits per heavy atom. The number of benzene rings is 1. The second-order valence-corrected chi connectivity index (χ2v) is 7.68. The van der Waals surface area contributed by atoms with E-state index in [2.05, 4.69) is 26.5 Å². The maximum absolute atomic E-state index is 12.7. The number of aromatic nitrogens is 6. The Bertz CT molecular complexity index is 1430. The number of carbonyl (C=O) groups excluding carboxylic acids is 1. The number of rotatable bonds is 5. The molecule has 1 aliphatic rings. The van der Waals surface area contributed by atoms with Crippen molar-refractivity contribution >= 4 is 17.4 Å². The first-order chi connectivity index (χ1) is 16.0. The number of anilines is 1. The van der Waals surface area contributed by atoms with Gasteiger partial charge in [-0.25, -0.2) is 0 Å². The van der Waals surface area contributed by atoms with E-state index in [0.717, 1.165) is 16.8 Å². The molecule has 166 valence electrons. The Kier molecular flexibility index (Phi) is 4.94. The molecule has 1 N–H and O–H groups in total. The lowest BCUT2D eigenvalue weighted by molar-refractivity contribution is -0.116. The van der Waals surface area contributed by atoms with Crippen LogP contribution < -0.4 is 14.8 Å². The second-order valence-electron chi connectivity index (χ2n) is 7.68. The first-order valence-electron chi connectivity index (χ1n) is 10.3. The van der Waals surface area contributed by atoms with Crippen LogP contribution in [0.3, 0.4) is 0 Å². The molecule has 10 heteroatoms.